The second-order valence-corrected chi connectivity index (χ2v) is 34.2. The Morgan fingerprint density at radius 1 is 0.279 bits per heavy atom. The Morgan fingerprint density at radius 3 is 0.731 bits per heavy atom. The number of carbonyl (C=O) groups is 4. The van der Waals surface area contributed by atoms with Crippen LogP contribution in [0.4, 0.5) is 0 Å². The second-order valence-electron chi connectivity index (χ2n) is 31.3. The number of unbranched alkanes of at least 4 members (excludes halogenated alkanes) is 53. The van der Waals surface area contributed by atoms with Crippen molar-refractivity contribution in [3.63, 3.8) is 0 Å². The Bertz CT molecular complexity index is 2000. The lowest BCUT2D eigenvalue weighted by molar-refractivity contribution is -0.161. The molecule has 104 heavy (non-hydrogen) atoms. The highest BCUT2D eigenvalue weighted by Crippen LogP contribution is 2.45. The Hall–Kier alpha value is -1.94. The van der Waals surface area contributed by atoms with Crippen molar-refractivity contribution in [1.82, 2.24) is 0 Å². The maximum atomic E-state index is 13.1. The number of ether oxygens (including phenoxy) is 4. The van der Waals surface area contributed by atoms with Crippen LogP contribution in [0, 0.1) is 11.8 Å². The lowest BCUT2D eigenvalue weighted by Crippen LogP contribution is -2.30. The van der Waals surface area contributed by atoms with E-state index in [1.807, 2.05) is 0 Å². The van der Waals surface area contributed by atoms with Gasteiger partial charge in [0.2, 0.25) is 0 Å². The zero-order valence-electron chi connectivity index (χ0n) is 68.3. The van der Waals surface area contributed by atoms with Crippen LogP contribution in [0.2, 0.25) is 0 Å². The smallest absolute Gasteiger partial charge is 0.462 e. The molecule has 3 N–H and O–H groups in total. The van der Waals surface area contributed by atoms with Crippen molar-refractivity contribution in [2.45, 2.75) is 471 Å². The first-order valence-electron chi connectivity index (χ1n) is 44.0. The molecule has 0 saturated carbocycles. The third kappa shape index (κ3) is 76.8. The van der Waals surface area contributed by atoms with Gasteiger partial charge in [0, 0.05) is 25.7 Å². The molecule has 19 heteroatoms. The molecule has 0 aliphatic heterocycles. The molecule has 0 rings (SSSR count). The van der Waals surface area contributed by atoms with E-state index in [4.69, 9.17) is 37.0 Å². The number of carbonyl (C=O) groups excluding carboxylic acids is 4. The fourth-order valence-electron chi connectivity index (χ4n) is 13.2. The molecule has 618 valence electrons. The maximum absolute atomic E-state index is 13.1. The molecule has 0 aromatic carbocycles. The van der Waals surface area contributed by atoms with E-state index in [0.29, 0.717) is 25.7 Å². The number of hydrogen-bond acceptors (Lipinski definition) is 15. The van der Waals surface area contributed by atoms with Crippen molar-refractivity contribution < 1.29 is 80.2 Å². The standard InChI is InChI=1S/C85H166O17P2/c1-7-10-12-14-16-18-20-21-22-23-24-25-26-27-28-33-39-45-51-57-63-69-84(89)102-81(74-96-83(88)68-62-56-50-44-38-32-30-29-31-37-42-48-54-60-66-78(6)9-3)76-100-104(93,94)98-72-79(86)71-97-103(91,92)99-75-80(73-95-82(87)67-61-55-49-43-19-17-15-13-11-8-2)101-85(90)70-64-58-52-46-40-35-34-36-41-47-53-59-65-77(4)5/h77-81,86H,7-76H2,1-6H3,(H,91,92)(H,93,94)/t78?,79-,80+,81+/m0/s1. The molecule has 0 bridgehead atoms. The first-order valence-corrected chi connectivity index (χ1v) is 47.0. The molecule has 0 aliphatic carbocycles. The Balaban J connectivity index is 5.23. The Morgan fingerprint density at radius 2 is 0.490 bits per heavy atom. The van der Waals surface area contributed by atoms with Crippen molar-refractivity contribution >= 4 is 39.5 Å². The quantitative estimate of drug-likeness (QED) is 0.0222. The molecular weight excluding hydrogens is 1350 g/mol. The summed E-state index contributed by atoms with van der Waals surface area (Å²) in [5, 5.41) is 10.7. The van der Waals surface area contributed by atoms with Crippen LogP contribution in [-0.2, 0) is 65.4 Å². The Kier molecular flexibility index (Phi) is 75.0. The Labute approximate surface area is 638 Å². The van der Waals surface area contributed by atoms with Crippen molar-refractivity contribution in [3.05, 3.63) is 0 Å². The van der Waals surface area contributed by atoms with Gasteiger partial charge >= 0.3 is 39.5 Å². The van der Waals surface area contributed by atoms with Gasteiger partial charge in [0.1, 0.15) is 19.3 Å². The summed E-state index contributed by atoms with van der Waals surface area (Å²) in [4.78, 5) is 73.2. The van der Waals surface area contributed by atoms with Crippen molar-refractivity contribution in [1.29, 1.82) is 0 Å². The maximum Gasteiger partial charge on any atom is 0.472 e. The first-order chi connectivity index (χ1) is 50.4. The van der Waals surface area contributed by atoms with Gasteiger partial charge in [0.15, 0.2) is 12.2 Å². The lowest BCUT2D eigenvalue weighted by atomic mass is 9.99. The molecule has 0 fully saturated rings. The minimum Gasteiger partial charge on any atom is -0.462 e. The largest absolute Gasteiger partial charge is 0.472 e. The van der Waals surface area contributed by atoms with Gasteiger partial charge in [0.25, 0.3) is 0 Å². The van der Waals surface area contributed by atoms with Crippen LogP contribution in [0.5, 0.6) is 0 Å². The van der Waals surface area contributed by atoms with E-state index in [9.17, 15) is 43.2 Å². The molecule has 0 aromatic heterocycles. The fourth-order valence-corrected chi connectivity index (χ4v) is 14.8. The molecule has 0 spiro atoms. The summed E-state index contributed by atoms with van der Waals surface area (Å²) in [7, 11) is -9.92. The second kappa shape index (κ2) is 76.4. The van der Waals surface area contributed by atoms with Crippen LogP contribution < -0.4 is 0 Å². The minimum absolute atomic E-state index is 0.107. The molecule has 0 heterocycles. The van der Waals surface area contributed by atoms with Gasteiger partial charge in [-0.1, -0.05) is 401 Å². The molecule has 0 aromatic rings. The van der Waals surface area contributed by atoms with Crippen LogP contribution >= 0.6 is 15.6 Å². The van der Waals surface area contributed by atoms with Crippen LogP contribution in [0.25, 0.3) is 0 Å². The number of phosphoric ester groups is 2. The van der Waals surface area contributed by atoms with E-state index < -0.39 is 97.5 Å². The van der Waals surface area contributed by atoms with E-state index >= 15 is 0 Å². The molecule has 0 aliphatic rings. The highest BCUT2D eigenvalue weighted by atomic mass is 31.2. The normalized spacial score (nSPS) is 14.1. The highest BCUT2D eigenvalue weighted by molar-refractivity contribution is 7.47. The molecule has 17 nitrogen and oxygen atoms in total. The lowest BCUT2D eigenvalue weighted by Gasteiger charge is -2.21. The number of phosphoric acid groups is 2. The number of esters is 4. The zero-order valence-corrected chi connectivity index (χ0v) is 70.1. The van der Waals surface area contributed by atoms with Gasteiger partial charge < -0.3 is 33.8 Å². The summed E-state index contributed by atoms with van der Waals surface area (Å²) in [6, 6.07) is 0. The summed E-state index contributed by atoms with van der Waals surface area (Å²) in [5.41, 5.74) is 0. The predicted octanol–water partition coefficient (Wildman–Crippen LogP) is 25.8. The van der Waals surface area contributed by atoms with E-state index in [1.54, 1.807) is 0 Å². The van der Waals surface area contributed by atoms with E-state index in [0.717, 1.165) is 102 Å². The summed E-state index contributed by atoms with van der Waals surface area (Å²) >= 11 is 0. The predicted molar refractivity (Wildman–Crippen MR) is 428 cm³/mol. The highest BCUT2D eigenvalue weighted by Gasteiger charge is 2.30. The number of aliphatic hydroxyl groups is 1. The summed E-state index contributed by atoms with van der Waals surface area (Å²) in [5.74, 6) is -0.477. The third-order valence-corrected chi connectivity index (χ3v) is 22.2. The first kappa shape index (κ1) is 102. The van der Waals surface area contributed by atoms with Gasteiger partial charge in [-0.15, -0.1) is 0 Å². The van der Waals surface area contributed by atoms with Crippen LogP contribution in [0.15, 0.2) is 0 Å². The molecule has 6 atom stereocenters. The third-order valence-electron chi connectivity index (χ3n) is 20.3. The zero-order chi connectivity index (χ0) is 76.4. The molecule has 0 saturated heterocycles. The van der Waals surface area contributed by atoms with Gasteiger partial charge in [-0.05, 0) is 37.5 Å². The fraction of sp³-hybridized carbons (Fsp3) is 0.953. The summed E-state index contributed by atoms with van der Waals surface area (Å²) < 4.78 is 68.8. The average Bonchev–Trinajstić information content (AvgIpc) is 0.919. The van der Waals surface area contributed by atoms with Crippen molar-refractivity contribution in [3.8, 4) is 0 Å². The molecule has 0 radical (unpaired) electrons. The minimum atomic E-state index is -4.97. The van der Waals surface area contributed by atoms with Gasteiger partial charge in [-0.2, -0.15) is 0 Å². The van der Waals surface area contributed by atoms with Crippen LogP contribution in [0.3, 0.4) is 0 Å². The van der Waals surface area contributed by atoms with E-state index in [-0.39, 0.29) is 25.7 Å². The topological polar surface area (TPSA) is 237 Å². The number of rotatable bonds is 84. The van der Waals surface area contributed by atoms with Gasteiger partial charge in [0.05, 0.1) is 26.4 Å². The summed E-state index contributed by atoms with van der Waals surface area (Å²) in [6.07, 6.45) is 68.0. The van der Waals surface area contributed by atoms with Crippen molar-refractivity contribution in [2.75, 3.05) is 39.6 Å². The molecule has 0 amide bonds. The van der Waals surface area contributed by atoms with E-state index in [2.05, 4.69) is 41.5 Å². The monoisotopic (exact) mass is 1520 g/mol. The number of aliphatic hydroxyl groups excluding tert-OH is 1. The van der Waals surface area contributed by atoms with Crippen molar-refractivity contribution in [2.24, 2.45) is 11.8 Å². The average molecular weight is 1520 g/mol. The SMILES string of the molecule is CCCCCCCCCCCCCCCCCCCCCCCC(=O)O[C@H](COC(=O)CCCCCCCCCCCCCCCCC(C)CC)COP(=O)(O)OC[C@@H](O)COP(=O)(O)OC[C@@H](COC(=O)CCCCCCCCCCCC)OC(=O)CCCCCCCCCCCCCCC(C)C. The summed E-state index contributed by atoms with van der Waals surface area (Å²) in [6.45, 7) is 9.72. The molecule has 3 unspecified atom stereocenters. The number of hydrogen-bond donors (Lipinski definition) is 3. The van der Waals surface area contributed by atoms with Gasteiger partial charge in [-0.3, -0.25) is 37.3 Å². The van der Waals surface area contributed by atoms with Gasteiger partial charge in [-0.25, -0.2) is 9.13 Å². The van der Waals surface area contributed by atoms with Crippen LogP contribution in [-0.4, -0.2) is 96.7 Å². The van der Waals surface area contributed by atoms with E-state index in [1.165, 1.54) is 270 Å². The van der Waals surface area contributed by atoms with Crippen LogP contribution in [0.1, 0.15) is 452 Å². The molecular formula is C85H166O17P2.